The van der Waals surface area contributed by atoms with Gasteiger partial charge in [-0.3, -0.25) is 0 Å². The van der Waals surface area contributed by atoms with Crippen LogP contribution >= 0.6 is 11.6 Å². The summed E-state index contributed by atoms with van der Waals surface area (Å²) in [6.07, 6.45) is -0.215. The van der Waals surface area contributed by atoms with Crippen LogP contribution in [0.15, 0.2) is 96.0 Å². The second-order valence-corrected chi connectivity index (χ2v) is 7.45. The van der Waals surface area contributed by atoms with E-state index in [-0.39, 0.29) is 12.1 Å². The summed E-state index contributed by atoms with van der Waals surface area (Å²) in [4.78, 5) is 4.67. The van der Waals surface area contributed by atoms with Crippen LogP contribution in [0.1, 0.15) is 29.7 Å². The molecule has 0 aromatic heterocycles. The largest absolute Gasteiger partial charge is 0.469 e. The minimum atomic E-state index is -1.46. The fraction of sp³-hybridized carbons (Fsp3) is 0.208. The quantitative estimate of drug-likeness (QED) is 0.615. The Morgan fingerprint density at radius 2 is 1.32 bits per heavy atom. The molecule has 0 amide bonds. The van der Waals surface area contributed by atoms with Crippen LogP contribution in [0, 0.1) is 0 Å². The number of ether oxygens (including phenoxy) is 1. The summed E-state index contributed by atoms with van der Waals surface area (Å²) >= 11 is 6.88. The lowest BCUT2D eigenvalue weighted by molar-refractivity contribution is 0.0821. The molecule has 3 aromatic rings. The lowest BCUT2D eigenvalue weighted by Gasteiger charge is -2.33. The van der Waals surface area contributed by atoms with E-state index in [1.54, 1.807) is 0 Å². The molecule has 1 heterocycles. The average molecular weight is 392 g/mol. The molecule has 3 nitrogen and oxygen atoms in total. The molecule has 28 heavy (non-hydrogen) atoms. The molecule has 0 spiro atoms. The number of halogens is 1. The Labute approximate surface area is 170 Å². The summed E-state index contributed by atoms with van der Waals surface area (Å²) in [5, 5.41) is 11.0. The maximum atomic E-state index is 11.8. The van der Waals surface area contributed by atoms with E-state index in [1.165, 1.54) is 0 Å². The molecule has 0 bridgehead atoms. The fourth-order valence-corrected chi connectivity index (χ4v) is 4.02. The van der Waals surface area contributed by atoms with E-state index in [4.69, 9.17) is 16.3 Å². The summed E-state index contributed by atoms with van der Waals surface area (Å²) in [6.45, 7) is 2.00. The molecule has 1 aliphatic heterocycles. The van der Waals surface area contributed by atoms with Crippen molar-refractivity contribution in [3.8, 4) is 0 Å². The minimum absolute atomic E-state index is 0.0885. The lowest BCUT2D eigenvalue weighted by Crippen LogP contribution is -2.42. The third-order valence-corrected chi connectivity index (χ3v) is 5.66. The molecule has 0 radical (unpaired) electrons. The fourth-order valence-electron chi connectivity index (χ4n) is 3.66. The molecule has 1 N–H and O–H groups in total. The van der Waals surface area contributed by atoms with Crippen molar-refractivity contribution in [3.63, 3.8) is 0 Å². The van der Waals surface area contributed by atoms with Crippen LogP contribution < -0.4 is 0 Å². The highest BCUT2D eigenvalue weighted by molar-refractivity contribution is 6.32. The number of rotatable bonds is 5. The average Bonchev–Trinajstić information content (AvgIpc) is 3.16. The van der Waals surface area contributed by atoms with Gasteiger partial charge in [0.15, 0.2) is 0 Å². The topological polar surface area (TPSA) is 41.8 Å². The van der Waals surface area contributed by atoms with Crippen LogP contribution in [0.3, 0.4) is 0 Å². The van der Waals surface area contributed by atoms with E-state index < -0.39 is 11.0 Å². The molecule has 4 heteroatoms. The molecule has 1 aliphatic rings. The zero-order valence-corrected chi connectivity index (χ0v) is 16.3. The highest BCUT2D eigenvalue weighted by Gasteiger charge is 2.46. The van der Waals surface area contributed by atoms with Gasteiger partial charge in [-0.05, 0) is 23.6 Å². The summed E-state index contributed by atoms with van der Waals surface area (Å²) in [6, 6.07) is 28.7. The number of alkyl halides is 1. The van der Waals surface area contributed by atoms with E-state index in [1.807, 2.05) is 97.9 Å². The van der Waals surface area contributed by atoms with E-state index in [0.717, 1.165) is 5.56 Å². The summed E-state index contributed by atoms with van der Waals surface area (Å²) < 4.78 is 6.17. The molecule has 0 aliphatic carbocycles. The number of benzene rings is 3. The van der Waals surface area contributed by atoms with Gasteiger partial charge in [0.05, 0.1) is 6.04 Å². The minimum Gasteiger partial charge on any atom is -0.469 e. The molecular weight excluding hydrogens is 370 g/mol. The zero-order valence-electron chi connectivity index (χ0n) is 15.6. The van der Waals surface area contributed by atoms with Crippen molar-refractivity contribution < 1.29 is 9.84 Å². The predicted molar refractivity (Wildman–Crippen MR) is 113 cm³/mol. The van der Waals surface area contributed by atoms with Gasteiger partial charge in [0.1, 0.15) is 17.1 Å². The van der Waals surface area contributed by atoms with Crippen LogP contribution in [-0.2, 0) is 10.3 Å². The third-order valence-electron chi connectivity index (χ3n) is 5.16. The molecule has 0 saturated heterocycles. The Kier molecular flexibility index (Phi) is 5.21. The Bertz CT molecular complexity index is 905. The van der Waals surface area contributed by atoms with E-state index in [0.29, 0.717) is 17.0 Å². The van der Waals surface area contributed by atoms with Gasteiger partial charge in [-0.1, -0.05) is 91.0 Å². The van der Waals surface area contributed by atoms with Crippen molar-refractivity contribution in [3.05, 3.63) is 108 Å². The summed E-state index contributed by atoms with van der Waals surface area (Å²) in [5.74, 6) is 0.359. The van der Waals surface area contributed by atoms with Crippen molar-refractivity contribution >= 4 is 17.5 Å². The van der Waals surface area contributed by atoms with Gasteiger partial charge in [0.2, 0.25) is 5.90 Å². The maximum absolute atomic E-state index is 11.8. The third kappa shape index (κ3) is 3.32. The van der Waals surface area contributed by atoms with Crippen LogP contribution in [0.5, 0.6) is 0 Å². The monoisotopic (exact) mass is 391 g/mol. The van der Waals surface area contributed by atoms with E-state index in [9.17, 15) is 5.11 Å². The van der Waals surface area contributed by atoms with Gasteiger partial charge in [-0.25, -0.2) is 4.99 Å². The maximum Gasteiger partial charge on any atom is 0.206 e. The van der Waals surface area contributed by atoms with Crippen LogP contribution in [0.2, 0.25) is 0 Å². The number of hydrogen-bond acceptors (Lipinski definition) is 3. The molecular formula is C24H22ClNO2. The second-order valence-electron chi connectivity index (χ2n) is 7.02. The van der Waals surface area contributed by atoms with Crippen LogP contribution in [0.4, 0.5) is 0 Å². The van der Waals surface area contributed by atoms with Gasteiger partial charge in [-0.2, -0.15) is 0 Å². The standard InChI is InChI=1S/C24H22ClNO2/c1-17-21(18-11-5-2-6-12-18)28-23(26-17)22(25)24(27,19-13-7-3-8-14-19)20-15-9-4-10-16-20/h2-17,21-22,27H,1H3/t17-,21-,22+/m0/s1. The van der Waals surface area contributed by atoms with Gasteiger partial charge in [0, 0.05) is 0 Å². The zero-order chi connectivity index (χ0) is 19.6. The molecule has 3 aromatic carbocycles. The number of aliphatic imine (C=N–C) groups is 1. The number of hydrogen-bond donors (Lipinski definition) is 1. The summed E-state index contributed by atoms with van der Waals surface area (Å²) in [7, 11) is 0. The molecule has 0 fully saturated rings. The predicted octanol–water partition coefficient (Wildman–Crippen LogP) is 5.09. The Morgan fingerprint density at radius 3 is 1.82 bits per heavy atom. The van der Waals surface area contributed by atoms with Crippen molar-refractivity contribution in [1.29, 1.82) is 0 Å². The smallest absolute Gasteiger partial charge is 0.206 e. The molecule has 0 saturated carbocycles. The van der Waals surface area contributed by atoms with Gasteiger partial charge in [0.25, 0.3) is 0 Å². The van der Waals surface area contributed by atoms with E-state index in [2.05, 4.69) is 4.99 Å². The SMILES string of the molecule is C[C@@H]1N=C([C@@H](Cl)C(O)(c2ccccc2)c2ccccc2)O[C@@H]1c1ccccc1. The van der Waals surface area contributed by atoms with Crippen molar-refractivity contribution in [2.24, 2.45) is 4.99 Å². The Morgan fingerprint density at radius 1 is 0.857 bits per heavy atom. The van der Waals surface area contributed by atoms with Crippen LogP contribution in [0.25, 0.3) is 0 Å². The van der Waals surface area contributed by atoms with E-state index >= 15 is 0 Å². The molecule has 0 unspecified atom stereocenters. The second kappa shape index (κ2) is 7.78. The number of nitrogens with zero attached hydrogens (tertiary/aromatic N) is 1. The van der Waals surface area contributed by atoms with Crippen molar-refractivity contribution in [2.45, 2.75) is 30.0 Å². The lowest BCUT2D eigenvalue weighted by atomic mass is 9.83. The van der Waals surface area contributed by atoms with Gasteiger partial charge >= 0.3 is 0 Å². The Hall–Kier alpha value is -2.62. The highest BCUT2D eigenvalue weighted by Crippen LogP contribution is 2.40. The molecule has 142 valence electrons. The molecule has 4 rings (SSSR count). The normalized spacial score (nSPS) is 20.3. The number of aliphatic hydroxyl groups is 1. The summed E-state index contributed by atoms with van der Waals surface area (Å²) in [5.41, 5.74) is 0.973. The Balaban J connectivity index is 1.71. The van der Waals surface area contributed by atoms with Gasteiger partial charge in [-0.15, -0.1) is 11.6 Å². The first-order valence-corrected chi connectivity index (χ1v) is 9.81. The first-order chi connectivity index (χ1) is 13.6. The van der Waals surface area contributed by atoms with Gasteiger partial charge < -0.3 is 9.84 Å². The van der Waals surface area contributed by atoms with Crippen molar-refractivity contribution in [2.75, 3.05) is 0 Å². The highest BCUT2D eigenvalue weighted by atomic mass is 35.5. The van der Waals surface area contributed by atoms with Crippen LogP contribution in [-0.4, -0.2) is 22.4 Å². The first-order valence-electron chi connectivity index (χ1n) is 9.37. The first kappa shape index (κ1) is 18.7. The van der Waals surface area contributed by atoms with Crippen molar-refractivity contribution in [1.82, 2.24) is 0 Å². The molecule has 3 atom stereocenters.